The first-order valence-corrected chi connectivity index (χ1v) is 6.38. The van der Waals surface area contributed by atoms with Crippen molar-refractivity contribution in [3.8, 4) is 11.1 Å². The third-order valence-electron chi connectivity index (χ3n) is 3.42. The van der Waals surface area contributed by atoms with Gasteiger partial charge in [-0.3, -0.25) is 0 Å². The van der Waals surface area contributed by atoms with E-state index in [1.165, 1.54) is 6.07 Å². The van der Waals surface area contributed by atoms with Gasteiger partial charge in [-0.1, -0.05) is 30.3 Å². The number of rotatable bonds is 2. The minimum Gasteiger partial charge on any atom is -0.478 e. The van der Waals surface area contributed by atoms with Gasteiger partial charge in [-0.05, 0) is 40.8 Å². The van der Waals surface area contributed by atoms with Crippen LogP contribution in [0.3, 0.4) is 0 Å². The molecule has 0 aliphatic rings. The van der Waals surface area contributed by atoms with Gasteiger partial charge in [0.1, 0.15) is 5.82 Å². The monoisotopic (exact) mass is 281 g/mol. The standard InChI is InChI=1S/C17H12FNO2/c18-15-6-5-10(8-14(15)17(20)21)12-7-11-3-1-2-4-13(11)16(19)9-12/h1-9H,19H2,(H,20,21). The molecule has 0 heterocycles. The van der Waals surface area contributed by atoms with E-state index in [0.29, 0.717) is 11.3 Å². The average molecular weight is 281 g/mol. The molecule has 3 aromatic rings. The minimum absolute atomic E-state index is 0.348. The lowest BCUT2D eigenvalue weighted by atomic mass is 9.98. The first-order valence-electron chi connectivity index (χ1n) is 6.38. The van der Waals surface area contributed by atoms with Gasteiger partial charge >= 0.3 is 5.97 Å². The molecule has 0 atom stereocenters. The van der Waals surface area contributed by atoms with Gasteiger partial charge in [-0.15, -0.1) is 0 Å². The van der Waals surface area contributed by atoms with Gasteiger partial charge in [0.15, 0.2) is 0 Å². The Bertz CT molecular complexity index is 859. The van der Waals surface area contributed by atoms with E-state index >= 15 is 0 Å². The predicted octanol–water partition coefficient (Wildman–Crippen LogP) is 3.93. The van der Waals surface area contributed by atoms with Crippen molar-refractivity contribution in [2.24, 2.45) is 0 Å². The third-order valence-corrected chi connectivity index (χ3v) is 3.42. The molecule has 0 saturated carbocycles. The zero-order valence-electron chi connectivity index (χ0n) is 11.0. The largest absolute Gasteiger partial charge is 0.478 e. The Morgan fingerprint density at radius 2 is 1.76 bits per heavy atom. The first kappa shape index (κ1) is 13.1. The number of hydrogen-bond acceptors (Lipinski definition) is 2. The van der Waals surface area contributed by atoms with Crippen LogP contribution in [0.25, 0.3) is 21.9 Å². The molecular formula is C17H12FNO2. The summed E-state index contributed by atoms with van der Waals surface area (Å²) in [5.74, 6) is -2.04. The van der Waals surface area contributed by atoms with Crippen molar-refractivity contribution >= 4 is 22.4 Å². The fraction of sp³-hybridized carbons (Fsp3) is 0. The van der Waals surface area contributed by atoms with Crippen LogP contribution in [-0.2, 0) is 0 Å². The molecule has 0 amide bonds. The van der Waals surface area contributed by atoms with E-state index in [-0.39, 0.29) is 5.56 Å². The number of carboxylic acid groups (broad SMARTS) is 1. The molecule has 3 N–H and O–H groups in total. The summed E-state index contributed by atoms with van der Waals surface area (Å²) < 4.78 is 13.5. The molecule has 104 valence electrons. The predicted molar refractivity (Wildman–Crippen MR) is 80.7 cm³/mol. The second kappa shape index (κ2) is 4.90. The smallest absolute Gasteiger partial charge is 0.338 e. The van der Waals surface area contributed by atoms with Crippen molar-refractivity contribution in [3.63, 3.8) is 0 Å². The number of aromatic carboxylic acids is 1. The van der Waals surface area contributed by atoms with Gasteiger partial charge in [0.05, 0.1) is 5.56 Å². The zero-order valence-corrected chi connectivity index (χ0v) is 11.0. The lowest BCUT2D eigenvalue weighted by molar-refractivity contribution is 0.0692. The number of carboxylic acids is 1. The lowest BCUT2D eigenvalue weighted by Crippen LogP contribution is -2.00. The number of hydrogen-bond donors (Lipinski definition) is 2. The van der Waals surface area contributed by atoms with Gasteiger partial charge < -0.3 is 10.8 Å². The number of nitrogen functional groups attached to an aromatic ring is 1. The van der Waals surface area contributed by atoms with Crippen LogP contribution in [0.1, 0.15) is 10.4 Å². The fourth-order valence-electron chi connectivity index (χ4n) is 2.38. The quantitative estimate of drug-likeness (QED) is 0.700. The van der Waals surface area contributed by atoms with Crippen molar-refractivity contribution in [2.45, 2.75) is 0 Å². The molecule has 0 aliphatic heterocycles. The first-order chi connectivity index (χ1) is 10.1. The number of fused-ring (bicyclic) bond motifs is 1. The van der Waals surface area contributed by atoms with Crippen molar-refractivity contribution < 1.29 is 14.3 Å². The molecule has 0 fully saturated rings. The molecule has 3 aromatic carbocycles. The Kier molecular flexibility index (Phi) is 3.06. The highest BCUT2D eigenvalue weighted by Crippen LogP contribution is 2.30. The molecule has 0 aromatic heterocycles. The molecule has 21 heavy (non-hydrogen) atoms. The van der Waals surface area contributed by atoms with Gasteiger partial charge in [0.2, 0.25) is 0 Å². The van der Waals surface area contributed by atoms with Gasteiger partial charge in [0, 0.05) is 11.1 Å². The van der Waals surface area contributed by atoms with Gasteiger partial charge in [-0.2, -0.15) is 0 Å². The molecule has 0 aliphatic carbocycles. The SMILES string of the molecule is Nc1cc(-c2ccc(F)c(C(=O)O)c2)cc2ccccc12. The van der Waals surface area contributed by atoms with Crippen molar-refractivity contribution in [3.05, 3.63) is 66.0 Å². The Morgan fingerprint density at radius 3 is 2.52 bits per heavy atom. The molecule has 0 saturated heterocycles. The maximum atomic E-state index is 13.5. The van der Waals surface area contributed by atoms with Crippen LogP contribution in [0, 0.1) is 5.82 Å². The number of halogens is 1. The van der Waals surface area contributed by atoms with E-state index < -0.39 is 11.8 Å². The normalized spacial score (nSPS) is 10.7. The summed E-state index contributed by atoms with van der Waals surface area (Å²) in [5.41, 5.74) is 7.66. The van der Waals surface area contributed by atoms with Crippen LogP contribution in [-0.4, -0.2) is 11.1 Å². The highest BCUT2D eigenvalue weighted by atomic mass is 19.1. The molecule has 0 radical (unpaired) electrons. The number of nitrogens with two attached hydrogens (primary N) is 1. The van der Waals surface area contributed by atoms with Crippen LogP contribution in [0.15, 0.2) is 54.6 Å². The Labute approximate surface area is 120 Å². The maximum absolute atomic E-state index is 13.5. The number of carbonyl (C=O) groups is 1. The highest BCUT2D eigenvalue weighted by molar-refractivity contribution is 5.97. The zero-order chi connectivity index (χ0) is 15.0. The Hall–Kier alpha value is -2.88. The van der Waals surface area contributed by atoms with Crippen molar-refractivity contribution in [2.75, 3.05) is 5.73 Å². The fourth-order valence-corrected chi connectivity index (χ4v) is 2.38. The summed E-state index contributed by atoms with van der Waals surface area (Å²) in [4.78, 5) is 11.0. The minimum atomic E-state index is -1.29. The molecule has 4 heteroatoms. The summed E-state index contributed by atoms with van der Waals surface area (Å²) in [6.07, 6.45) is 0. The topological polar surface area (TPSA) is 63.3 Å². The molecule has 0 unspecified atom stereocenters. The average Bonchev–Trinajstić information content (AvgIpc) is 2.47. The summed E-state index contributed by atoms with van der Waals surface area (Å²) in [5, 5.41) is 10.9. The summed E-state index contributed by atoms with van der Waals surface area (Å²) >= 11 is 0. The number of anilines is 1. The highest BCUT2D eigenvalue weighted by Gasteiger charge is 2.12. The van der Waals surface area contributed by atoms with Gasteiger partial charge in [-0.25, -0.2) is 9.18 Å². The number of benzene rings is 3. The molecule has 0 bridgehead atoms. The van der Waals surface area contributed by atoms with Crippen LogP contribution < -0.4 is 5.73 Å². The summed E-state index contributed by atoms with van der Waals surface area (Å²) in [7, 11) is 0. The second-order valence-corrected chi connectivity index (χ2v) is 4.79. The maximum Gasteiger partial charge on any atom is 0.338 e. The molecular weight excluding hydrogens is 269 g/mol. The summed E-state index contributed by atoms with van der Waals surface area (Å²) in [6, 6.07) is 15.3. The third kappa shape index (κ3) is 2.31. The van der Waals surface area contributed by atoms with Gasteiger partial charge in [0.25, 0.3) is 0 Å². The van der Waals surface area contributed by atoms with E-state index in [9.17, 15) is 9.18 Å². The van der Waals surface area contributed by atoms with Crippen molar-refractivity contribution in [1.29, 1.82) is 0 Å². The van der Waals surface area contributed by atoms with E-state index in [1.54, 1.807) is 12.1 Å². The van der Waals surface area contributed by atoms with E-state index in [2.05, 4.69) is 0 Å². The summed E-state index contributed by atoms with van der Waals surface area (Å²) in [6.45, 7) is 0. The Balaban J connectivity index is 2.21. The molecule has 3 nitrogen and oxygen atoms in total. The van der Waals surface area contributed by atoms with E-state index in [4.69, 9.17) is 10.8 Å². The van der Waals surface area contributed by atoms with E-state index in [1.807, 2.05) is 30.3 Å². The van der Waals surface area contributed by atoms with Crippen LogP contribution in [0.2, 0.25) is 0 Å². The Morgan fingerprint density at radius 1 is 1.00 bits per heavy atom. The second-order valence-electron chi connectivity index (χ2n) is 4.79. The molecule has 0 spiro atoms. The van der Waals surface area contributed by atoms with Crippen LogP contribution in [0.5, 0.6) is 0 Å². The van der Waals surface area contributed by atoms with E-state index in [0.717, 1.165) is 22.4 Å². The molecule has 3 rings (SSSR count). The van der Waals surface area contributed by atoms with Crippen LogP contribution >= 0.6 is 0 Å². The lowest BCUT2D eigenvalue weighted by Gasteiger charge is -2.08. The van der Waals surface area contributed by atoms with Crippen molar-refractivity contribution in [1.82, 2.24) is 0 Å². The van der Waals surface area contributed by atoms with Crippen LogP contribution in [0.4, 0.5) is 10.1 Å².